The molecule has 8 heteroatoms. The summed E-state index contributed by atoms with van der Waals surface area (Å²) in [6.45, 7) is 11.8. The topological polar surface area (TPSA) is 63.2 Å². The lowest BCUT2D eigenvalue weighted by molar-refractivity contribution is -0.127. The van der Waals surface area contributed by atoms with E-state index in [-0.39, 0.29) is 36.4 Å². The van der Waals surface area contributed by atoms with Crippen LogP contribution >= 0.6 is 24.0 Å². The summed E-state index contributed by atoms with van der Waals surface area (Å²) >= 11 is 0. The smallest absolute Gasteiger partial charge is 0.243 e. The van der Waals surface area contributed by atoms with Gasteiger partial charge in [0.25, 0.3) is 0 Å². The first kappa shape index (κ1) is 30.4. The number of hydrogen-bond donors (Lipinski definition) is 2. The Bertz CT molecular complexity index is 637. The van der Waals surface area contributed by atoms with Gasteiger partial charge in [-0.15, -0.1) is 24.0 Å². The number of halogens is 1. The monoisotopic (exact) mass is 560 g/mol. The molecule has 1 amide bonds. The minimum atomic E-state index is -0.000836. The lowest BCUT2D eigenvalue weighted by Crippen LogP contribution is -2.44. The van der Waals surface area contributed by atoms with Crippen molar-refractivity contribution in [1.29, 1.82) is 0 Å². The van der Waals surface area contributed by atoms with Crippen molar-refractivity contribution in [3.63, 3.8) is 0 Å². The van der Waals surface area contributed by atoms with Crippen molar-refractivity contribution in [3.8, 4) is 0 Å². The van der Waals surface area contributed by atoms with E-state index in [0.29, 0.717) is 12.0 Å². The second kappa shape index (κ2) is 17.9. The zero-order chi connectivity index (χ0) is 23.1. The van der Waals surface area contributed by atoms with Gasteiger partial charge in [0.15, 0.2) is 5.96 Å². The fraction of sp³-hybridized carbons (Fsp3) is 0.667. The van der Waals surface area contributed by atoms with E-state index in [1.807, 2.05) is 6.07 Å². The normalized spacial score (nSPS) is 12.2. The minimum absolute atomic E-state index is 0. The Balaban J connectivity index is 0.00000961. The van der Waals surface area contributed by atoms with Crippen molar-refractivity contribution in [2.45, 2.75) is 46.1 Å². The largest absolute Gasteiger partial charge is 0.375 e. The van der Waals surface area contributed by atoms with Gasteiger partial charge in [-0.2, -0.15) is 0 Å². The second-order valence-corrected chi connectivity index (χ2v) is 8.20. The first-order chi connectivity index (χ1) is 14.9. The SMILES string of the molecule is CCN(CC)CCCC(C)NC(=NCC(=O)N(C)C)NCCCN(C)c1ccccc1.I. The van der Waals surface area contributed by atoms with Crippen molar-refractivity contribution >= 4 is 41.5 Å². The van der Waals surface area contributed by atoms with E-state index in [1.54, 1.807) is 19.0 Å². The Morgan fingerprint density at radius 1 is 1.03 bits per heavy atom. The van der Waals surface area contributed by atoms with Crippen LogP contribution in [0.4, 0.5) is 5.69 Å². The van der Waals surface area contributed by atoms with Crippen LogP contribution in [0.1, 0.15) is 40.0 Å². The van der Waals surface area contributed by atoms with Crippen molar-refractivity contribution < 1.29 is 4.79 Å². The molecule has 0 saturated heterocycles. The number of carbonyl (C=O) groups excluding carboxylic acids is 1. The molecule has 1 aromatic carbocycles. The minimum Gasteiger partial charge on any atom is -0.375 e. The highest BCUT2D eigenvalue weighted by Gasteiger charge is 2.09. The Morgan fingerprint density at radius 3 is 2.28 bits per heavy atom. The fourth-order valence-corrected chi connectivity index (χ4v) is 3.24. The molecule has 32 heavy (non-hydrogen) atoms. The second-order valence-electron chi connectivity index (χ2n) is 8.20. The van der Waals surface area contributed by atoms with Gasteiger partial charge >= 0.3 is 0 Å². The molecule has 0 heterocycles. The summed E-state index contributed by atoms with van der Waals surface area (Å²) < 4.78 is 0. The van der Waals surface area contributed by atoms with Crippen LogP contribution in [-0.2, 0) is 4.79 Å². The van der Waals surface area contributed by atoms with E-state index in [4.69, 9.17) is 0 Å². The fourth-order valence-electron chi connectivity index (χ4n) is 3.24. The van der Waals surface area contributed by atoms with Gasteiger partial charge in [-0.05, 0) is 58.0 Å². The number of para-hydroxylation sites is 1. The molecule has 1 rings (SSSR count). The molecule has 2 N–H and O–H groups in total. The van der Waals surface area contributed by atoms with Crippen LogP contribution in [0.5, 0.6) is 0 Å². The summed E-state index contributed by atoms with van der Waals surface area (Å²) in [6, 6.07) is 10.7. The summed E-state index contributed by atoms with van der Waals surface area (Å²) in [7, 11) is 5.62. The Labute approximate surface area is 213 Å². The molecule has 1 aromatic rings. The molecule has 7 nitrogen and oxygen atoms in total. The summed E-state index contributed by atoms with van der Waals surface area (Å²) in [5.41, 5.74) is 1.22. The number of aliphatic imine (C=N–C) groups is 1. The maximum Gasteiger partial charge on any atom is 0.243 e. The van der Waals surface area contributed by atoms with Crippen LogP contribution in [0.25, 0.3) is 0 Å². The maximum absolute atomic E-state index is 12.0. The number of hydrogen-bond acceptors (Lipinski definition) is 4. The van der Waals surface area contributed by atoms with E-state index in [0.717, 1.165) is 52.0 Å². The van der Waals surface area contributed by atoms with Gasteiger partial charge < -0.3 is 25.3 Å². The quantitative estimate of drug-likeness (QED) is 0.158. The van der Waals surface area contributed by atoms with Gasteiger partial charge in [-0.25, -0.2) is 4.99 Å². The first-order valence-corrected chi connectivity index (χ1v) is 11.6. The van der Waals surface area contributed by atoms with Crippen LogP contribution in [0, 0.1) is 0 Å². The van der Waals surface area contributed by atoms with E-state index in [1.165, 1.54) is 5.69 Å². The molecular formula is C24H45IN6O. The number of rotatable bonds is 14. The number of anilines is 1. The van der Waals surface area contributed by atoms with Crippen molar-refractivity contribution in [1.82, 2.24) is 20.4 Å². The van der Waals surface area contributed by atoms with Crippen LogP contribution in [0.2, 0.25) is 0 Å². The molecule has 1 unspecified atom stereocenters. The molecular weight excluding hydrogens is 515 g/mol. The molecule has 0 aromatic heterocycles. The maximum atomic E-state index is 12.0. The molecule has 0 aliphatic rings. The molecule has 0 bridgehead atoms. The van der Waals surface area contributed by atoms with E-state index >= 15 is 0 Å². The molecule has 0 aliphatic carbocycles. The third kappa shape index (κ3) is 13.1. The third-order valence-electron chi connectivity index (χ3n) is 5.42. The molecule has 0 radical (unpaired) electrons. The van der Waals surface area contributed by atoms with Gasteiger partial charge in [0.1, 0.15) is 6.54 Å². The summed E-state index contributed by atoms with van der Waals surface area (Å²) in [4.78, 5) is 22.8. The highest BCUT2D eigenvalue weighted by molar-refractivity contribution is 14.0. The average Bonchev–Trinajstić information content (AvgIpc) is 2.77. The number of guanidine groups is 1. The van der Waals surface area contributed by atoms with Crippen molar-refractivity contribution in [2.75, 3.05) is 65.3 Å². The predicted molar refractivity (Wildman–Crippen MR) is 148 cm³/mol. The summed E-state index contributed by atoms with van der Waals surface area (Å²) in [6.07, 6.45) is 3.18. The number of nitrogens with one attached hydrogen (secondary N) is 2. The highest BCUT2D eigenvalue weighted by atomic mass is 127. The van der Waals surface area contributed by atoms with Gasteiger partial charge in [0.2, 0.25) is 5.91 Å². The number of nitrogens with zero attached hydrogens (tertiary/aromatic N) is 4. The zero-order valence-corrected chi connectivity index (χ0v) is 23.3. The van der Waals surface area contributed by atoms with Gasteiger partial charge in [-0.3, -0.25) is 4.79 Å². The number of likely N-dealkylation sites (N-methyl/N-ethyl adjacent to an activating group) is 1. The summed E-state index contributed by atoms with van der Waals surface area (Å²) in [5.74, 6) is 0.715. The molecule has 0 aliphatic heterocycles. The van der Waals surface area contributed by atoms with Crippen LogP contribution in [0.15, 0.2) is 35.3 Å². The first-order valence-electron chi connectivity index (χ1n) is 11.6. The van der Waals surface area contributed by atoms with Crippen LogP contribution in [0.3, 0.4) is 0 Å². The van der Waals surface area contributed by atoms with E-state index in [9.17, 15) is 4.79 Å². The molecule has 0 saturated carbocycles. The molecule has 0 fully saturated rings. The predicted octanol–water partition coefficient (Wildman–Crippen LogP) is 3.26. The zero-order valence-electron chi connectivity index (χ0n) is 20.9. The van der Waals surface area contributed by atoms with Gasteiger partial charge in [-0.1, -0.05) is 32.0 Å². The number of amides is 1. The van der Waals surface area contributed by atoms with Crippen LogP contribution in [-0.4, -0.2) is 88.1 Å². The lowest BCUT2D eigenvalue weighted by atomic mass is 10.2. The summed E-state index contributed by atoms with van der Waals surface area (Å²) in [5, 5.41) is 6.88. The average molecular weight is 561 g/mol. The Hall–Kier alpha value is -1.55. The van der Waals surface area contributed by atoms with E-state index < -0.39 is 0 Å². The van der Waals surface area contributed by atoms with Crippen molar-refractivity contribution in [2.24, 2.45) is 4.99 Å². The molecule has 0 spiro atoms. The van der Waals surface area contributed by atoms with Crippen LogP contribution < -0.4 is 15.5 Å². The van der Waals surface area contributed by atoms with Crippen molar-refractivity contribution in [3.05, 3.63) is 30.3 Å². The van der Waals surface area contributed by atoms with E-state index in [2.05, 4.69) is 77.5 Å². The molecule has 1 atom stereocenters. The lowest BCUT2D eigenvalue weighted by Gasteiger charge is -2.22. The highest BCUT2D eigenvalue weighted by Crippen LogP contribution is 2.10. The number of benzene rings is 1. The third-order valence-corrected chi connectivity index (χ3v) is 5.42. The number of carbonyl (C=O) groups is 1. The standard InChI is InChI=1S/C24H44N6O.HI/c1-7-30(8-2)19-12-14-21(3)27-24(26-20-23(31)28(4)5)25-17-13-18-29(6)22-15-10-9-11-16-22;/h9-11,15-16,21H,7-8,12-14,17-20H2,1-6H3,(H2,25,26,27);1H. The van der Waals surface area contributed by atoms with Gasteiger partial charge in [0.05, 0.1) is 0 Å². The Morgan fingerprint density at radius 2 is 1.69 bits per heavy atom. The van der Waals surface area contributed by atoms with Gasteiger partial charge in [0, 0.05) is 46.0 Å². The Kier molecular flexibility index (Phi) is 17.1. The molecule has 184 valence electrons.